The fourth-order valence-corrected chi connectivity index (χ4v) is 6.75. The van der Waals surface area contributed by atoms with E-state index in [1.807, 2.05) is 24.3 Å². The SMILES string of the molecule is O=C(COC(=O)/C=C/c1nc2ccccc2s1)NC12CC3CC(CC(C3)C1)C2. The van der Waals surface area contributed by atoms with Gasteiger partial charge in [0.2, 0.25) is 0 Å². The molecule has 4 aliphatic carbocycles. The minimum absolute atomic E-state index is 0.0466. The van der Waals surface area contributed by atoms with Crippen LogP contribution in [0.15, 0.2) is 30.3 Å². The molecule has 0 unspecified atom stereocenters. The number of aromatic nitrogens is 1. The molecule has 0 aliphatic heterocycles. The van der Waals surface area contributed by atoms with Gasteiger partial charge in [0, 0.05) is 11.6 Å². The Balaban J connectivity index is 1.14. The number of fused-ring (bicyclic) bond motifs is 1. The number of hydrogen-bond acceptors (Lipinski definition) is 5. The molecular weight excluding hydrogens is 372 g/mol. The van der Waals surface area contributed by atoms with Crippen molar-refractivity contribution in [1.82, 2.24) is 10.3 Å². The Morgan fingerprint density at radius 2 is 1.82 bits per heavy atom. The maximum atomic E-state index is 12.4. The van der Waals surface area contributed by atoms with Crippen LogP contribution in [0.4, 0.5) is 0 Å². The van der Waals surface area contributed by atoms with Gasteiger partial charge in [-0.05, 0) is 74.5 Å². The Bertz CT molecular complexity index is 880. The lowest BCUT2D eigenvalue weighted by Crippen LogP contribution is -2.60. The molecule has 28 heavy (non-hydrogen) atoms. The van der Waals surface area contributed by atoms with Crippen LogP contribution < -0.4 is 5.32 Å². The smallest absolute Gasteiger partial charge is 0.331 e. The van der Waals surface area contributed by atoms with Crippen molar-refractivity contribution < 1.29 is 14.3 Å². The number of carbonyl (C=O) groups excluding carboxylic acids is 2. The first kappa shape index (κ1) is 17.9. The summed E-state index contributed by atoms with van der Waals surface area (Å²) in [6.45, 7) is -0.217. The largest absolute Gasteiger partial charge is 0.452 e. The van der Waals surface area contributed by atoms with E-state index in [4.69, 9.17) is 4.74 Å². The number of benzene rings is 1. The zero-order chi connectivity index (χ0) is 19.1. The van der Waals surface area contributed by atoms with Crippen LogP contribution in [0.1, 0.15) is 43.5 Å². The van der Waals surface area contributed by atoms with Gasteiger partial charge in [0.05, 0.1) is 10.2 Å². The van der Waals surface area contributed by atoms with Crippen molar-refractivity contribution in [2.24, 2.45) is 17.8 Å². The van der Waals surface area contributed by atoms with E-state index in [9.17, 15) is 9.59 Å². The first-order valence-corrected chi connectivity index (χ1v) is 10.9. The Morgan fingerprint density at radius 1 is 1.14 bits per heavy atom. The van der Waals surface area contributed by atoms with Crippen LogP contribution >= 0.6 is 11.3 Å². The summed E-state index contributed by atoms with van der Waals surface area (Å²) in [5, 5.41) is 3.97. The summed E-state index contributed by atoms with van der Waals surface area (Å²) in [7, 11) is 0. The zero-order valence-electron chi connectivity index (χ0n) is 15.7. The van der Waals surface area contributed by atoms with Crippen LogP contribution in [0, 0.1) is 17.8 Å². The molecule has 4 fully saturated rings. The molecule has 6 rings (SSSR count). The molecule has 5 nitrogen and oxygen atoms in total. The number of nitrogens with one attached hydrogen (secondary N) is 1. The van der Waals surface area contributed by atoms with Crippen LogP contribution in [0.25, 0.3) is 16.3 Å². The second kappa shape index (κ2) is 6.99. The third kappa shape index (κ3) is 3.58. The van der Waals surface area contributed by atoms with Gasteiger partial charge in [-0.2, -0.15) is 0 Å². The van der Waals surface area contributed by atoms with Crippen molar-refractivity contribution in [1.29, 1.82) is 0 Å². The average molecular weight is 397 g/mol. The van der Waals surface area contributed by atoms with E-state index in [0.29, 0.717) is 0 Å². The molecule has 2 aromatic rings. The normalized spacial score (nSPS) is 30.8. The fourth-order valence-electron chi connectivity index (χ4n) is 5.88. The van der Waals surface area contributed by atoms with Gasteiger partial charge in [0.1, 0.15) is 5.01 Å². The molecular formula is C22H24N2O3S. The van der Waals surface area contributed by atoms with E-state index < -0.39 is 5.97 Å². The zero-order valence-corrected chi connectivity index (χ0v) is 16.5. The molecule has 4 aliphatic rings. The van der Waals surface area contributed by atoms with E-state index in [1.54, 1.807) is 6.08 Å². The van der Waals surface area contributed by atoms with Gasteiger partial charge in [-0.25, -0.2) is 9.78 Å². The summed E-state index contributed by atoms with van der Waals surface area (Å²) in [5.41, 5.74) is 0.866. The quantitative estimate of drug-likeness (QED) is 0.614. The lowest BCUT2D eigenvalue weighted by atomic mass is 9.53. The van der Waals surface area contributed by atoms with Gasteiger partial charge in [-0.1, -0.05) is 12.1 Å². The van der Waals surface area contributed by atoms with Gasteiger partial charge in [0.15, 0.2) is 6.61 Å². The first-order valence-electron chi connectivity index (χ1n) is 10.1. The number of carbonyl (C=O) groups is 2. The number of thiazole rings is 1. The standard InChI is InChI=1S/C22H24N2O3S/c25-19(24-22-10-14-7-15(11-22)9-16(8-14)12-22)13-27-21(26)6-5-20-23-17-3-1-2-4-18(17)28-20/h1-6,14-16H,7-13H2,(H,24,25)/b6-5+. The lowest BCUT2D eigenvalue weighted by Gasteiger charge is -2.56. The second-order valence-corrected chi connectivity index (χ2v) is 9.77. The Hall–Kier alpha value is -2.21. The van der Waals surface area contributed by atoms with E-state index in [2.05, 4.69) is 10.3 Å². The maximum Gasteiger partial charge on any atom is 0.331 e. The van der Waals surface area contributed by atoms with Gasteiger partial charge in [-0.15, -0.1) is 11.3 Å². The van der Waals surface area contributed by atoms with E-state index in [-0.39, 0.29) is 18.1 Å². The first-order chi connectivity index (χ1) is 13.6. The van der Waals surface area contributed by atoms with Gasteiger partial charge in [0.25, 0.3) is 5.91 Å². The molecule has 0 saturated heterocycles. The molecule has 0 radical (unpaired) electrons. The summed E-state index contributed by atoms with van der Waals surface area (Å²) in [6.07, 6.45) is 10.3. The summed E-state index contributed by atoms with van der Waals surface area (Å²) >= 11 is 1.52. The Labute approximate surface area is 168 Å². The Kier molecular flexibility index (Phi) is 4.46. The van der Waals surface area contributed by atoms with Crippen LogP contribution in [0.3, 0.4) is 0 Å². The number of amides is 1. The maximum absolute atomic E-state index is 12.4. The third-order valence-corrected chi connectivity index (χ3v) is 7.46. The number of rotatable bonds is 5. The van der Waals surface area contributed by atoms with Crippen LogP contribution in [-0.4, -0.2) is 29.0 Å². The highest BCUT2D eigenvalue weighted by Gasteiger charge is 2.51. The van der Waals surface area contributed by atoms with Crippen molar-refractivity contribution in [3.63, 3.8) is 0 Å². The predicted molar refractivity (Wildman–Crippen MR) is 109 cm³/mol. The number of hydrogen-bond donors (Lipinski definition) is 1. The van der Waals surface area contributed by atoms with Crippen molar-refractivity contribution in [3.8, 4) is 0 Å². The summed E-state index contributed by atoms with van der Waals surface area (Å²) < 4.78 is 6.23. The minimum Gasteiger partial charge on any atom is -0.452 e. The van der Waals surface area contributed by atoms with Crippen LogP contribution in [0.5, 0.6) is 0 Å². The number of esters is 1. The number of ether oxygens (including phenoxy) is 1. The molecule has 4 bridgehead atoms. The molecule has 0 atom stereocenters. The molecule has 1 amide bonds. The highest BCUT2D eigenvalue weighted by Crippen LogP contribution is 2.55. The van der Waals surface area contributed by atoms with Crippen molar-refractivity contribution in [2.45, 2.75) is 44.1 Å². The molecule has 1 N–H and O–H groups in total. The van der Waals surface area contributed by atoms with Gasteiger partial charge >= 0.3 is 5.97 Å². The third-order valence-electron chi connectivity index (χ3n) is 6.46. The second-order valence-electron chi connectivity index (χ2n) is 8.71. The fraction of sp³-hybridized carbons (Fsp3) is 0.500. The number of nitrogens with zero attached hydrogens (tertiary/aromatic N) is 1. The summed E-state index contributed by atoms with van der Waals surface area (Å²) in [5.74, 6) is 1.62. The van der Waals surface area contributed by atoms with Crippen LogP contribution in [0.2, 0.25) is 0 Å². The topological polar surface area (TPSA) is 68.3 Å². The molecule has 146 valence electrons. The summed E-state index contributed by atoms with van der Waals surface area (Å²) in [6, 6.07) is 7.84. The highest BCUT2D eigenvalue weighted by atomic mass is 32.1. The molecule has 4 saturated carbocycles. The molecule has 6 heteroatoms. The molecule has 0 spiro atoms. The minimum atomic E-state index is -0.514. The summed E-state index contributed by atoms with van der Waals surface area (Å²) in [4.78, 5) is 28.8. The van der Waals surface area contributed by atoms with Crippen LogP contribution in [-0.2, 0) is 14.3 Å². The highest BCUT2D eigenvalue weighted by molar-refractivity contribution is 7.19. The lowest BCUT2D eigenvalue weighted by molar-refractivity contribution is -0.145. The van der Waals surface area contributed by atoms with Crippen molar-refractivity contribution in [3.05, 3.63) is 35.3 Å². The average Bonchev–Trinajstić information content (AvgIpc) is 3.06. The van der Waals surface area contributed by atoms with Gasteiger partial charge < -0.3 is 10.1 Å². The number of para-hydroxylation sites is 1. The van der Waals surface area contributed by atoms with E-state index >= 15 is 0 Å². The van der Waals surface area contributed by atoms with Gasteiger partial charge in [-0.3, -0.25) is 4.79 Å². The van der Waals surface area contributed by atoms with E-state index in [0.717, 1.165) is 52.2 Å². The predicted octanol–water partition coefficient (Wildman–Crippen LogP) is 3.94. The monoisotopic (exact) mass is 396 g/mol. The molecule has 1 aromatic carbocycles. The van der Waals surface area contributed by atoms with Crippen molar-refractivity contribution in [2.75, 3.05) is 6.61 Å². The van der Waals surface area contributed by atoms with Crippen molar-refractivity contribution >= 4 is 39.5 Å². The molecule has 1 heterocycles. The Morgan fingerprint density at radius 3 is 2.50 bits per heavy atom. The molecule has 1 aromatic heterocycles. The van der Waals surface area contributed by atoms with E-state index in [1.165, 1.54) is 36.7 Å².